The number of nitrogens with zero attached hydrogens (tertiary/aromatic N) is 2. The average molecular weight is 245 g/mol. The van der Waals surface area contributed by atoms with E-state index in [0.29, 0.717) is 0 Å². The van der Waals surface area contributed by atoms with Gasteiger partial charge in [-0.25, -0.2) is 0 Å². The minimum absolute atomic E-state index is 0.0476. The largest absolute Gasteiger partial charge is 0.454 e. The molecule has 2 rings (SSSR count). The third kappa shape index (κ3) is 3.11. The SMILES string of the molecule is CCCn1cc(Oc2ccc(C(C)N)cc2)cn1. The monoisotopic (exact) mass is 245 g/mol. The van der Waals surface area contributed by atoms with Crippen molar-refractivity contribution >= 4 is 0 Å². The van der Waals surface area contributed by atoms with Gasteiger partial charge in [-0.1, -0.05) is 19.1 Å². The summed E-state index contributed by atoms with van der Waals surface area (Å²) < 4.78 is 7.60. The van der Waals surface area contributed by atoms with Crippen LogP contribution in [-0.2, 0) is 6.54 Å². The average Bonchev–Trinajstić information content (AvgIpc) is 2.78. The van der Waals surface area contributed by atoms with E-state index in [2.05, 4.69) is 12.0 Å². The zero-order valence-corrected chi connectivity index (χ0v) is 10.8. The van der Waals surface area contributed by atoms with Crippen molar-refractivity contribution in [2.75, 3.05) is 0 Å². The van der Waals surface area contributed by atoms with E-state index in [9.17, 15) is 0 Å². The van der Waals surface area contributed by atoms with E-state index in [1.807, 2.05) is 42.1 Å². The molecule has 2 aromatic rings. The fourth-order valence-corrected chi connectivity index (χ4v) is 1.72. The van der Waals surface area contributed by atoms with E-state index in [0.717, 1.165) is 30.0 Å². The Morgan fingerprint density at radius 2 is 2.00 bits per heavy atom. The van der Waals surface area contributed by atoms with Crippen LogP contribution in [0.15, 0.2) is 36.7 Å². The maximum absolute atomic E-state index is 5.80. The van der Waals surface area contributed by atoms with Gasteiger partial charge in [-0.2, -0.15) is 5.10 Å². The molecule has 1 aromatic carbocycles. The summed E-state index contributed by atoms with van der Waals surface area (Å²) in [7, 11) is 0. The lowest BCUT2D eigenvalue weighted by Crippen LogP contribution is -2.04. The van der Waals surface area contributed by atoms with E-state index < -0.39 is 0 Å². The lowest BCUT2D eigenvalue weighted by Gasteiger charge is -2.07. The summed E-state index contributed by atoms with van der Waals surface area (Å²) in [6.07, 6.45) is 4.70. The molecule has 4 heteroatoms. The summed E-state index contributed by atoms with van der Waals surface area (Å²) in [5.41, 5.74) is 6.90. The molecule has 0 amide bonds. The summed E-state index contributed by atoms with van der Waals surface area (Å²) in [4.78, 5) is 0. The number of nitrogens with two attached hydrogens (primary N) is 1. The number of aromatic nitrogens is 2. The summed E-state index contributed by atoms with van der Waals surface area (Å²) in [6, 6.07) is 7.87. The molecule has 0 aliphatic carbocycles. The van der Waals surface area contributed by atoms with Crippen LogP contribution in [0.2, 0.25) is 0 Å². The van der Waals surface area contributed by atoms with Gasteiger partial charge >= 0.3 is 0 Å². The van der Waals surface area contributed by atoms with Crippen LogP contribution in [0, 0.1) is 0 Å². The molecule has 1 atom stereocenters. The predicted octanol–water partition coefficient (Wildman–Crippen LogP) is 3.11. The third-order valence-electron chi connectivity index (χ3n) is 2.70. The number of hydrogen-bond acceptors (Lipinski definition) is 3. The molecule has 18 heavy (non-hydrogen) atoms. The lowest BCUT2D eigenvalue weighted by atomic mass is 10.1. The van der Waals surface area contributed by atoms with Crippen molar-refractivity contribution in [2.45, 2.75) is 32.9 Å². The molecule has 0 aliphatic heterocycles. The van der Waals surface area contributed by atoms with Gasteiger partial charge < -0.3 is 10.5 Å². The van der Waals surface area contributed by atoms with Crippen LogP contribution in [0.5, 0.6) is 11.5 Å². The van der Waals surface area contributed by atoms with Crippen molar-refractivity contribution in [1.29, 1.82) is 0 Å². The van der Waals surface area contributed by atoms with E-state index in [1.165, 1.54) is 0 Å². The Morgan fingerprint density at radius 3 is 2.61 bits per heavy atom. The topological polar surface area (TPSA) is 53.1 Å². The molecule has 0 radical (unpaired) electrons. The van der Waals surface area contributed by atoms with Gasteiger partial charge in [0.05, 0.1) is 12.4 Å². The summed E-state index contributed by atoms with van der Waals surface area (Å²) in [5, 5.41) is 4.22. The third-order valence-corrected chi connectivity index (χ3v) is 2.70. The van der Waals surface area contributed by atoms with Crippen molar-refractivity contribution in [3.05, 3.63) is 42.2 Å². The Labute approximate surface area is 107 Å². The molecule has 0 saturated heterocycles. The van der Waals surface area contributed by atoms with Gasteiger partial charge in [-0.3, -0.25) is 4.68 Å². The zero-order valence-electron chi connectivity index (χ0n) is 10.8. The Bertz CT molecular complexity index is 488. The number of ether oxygens (including phenoxy) is 1. The van der Waals surface area contributed by atoms with Crippen molar-refractivity contribution in [3.63, 3.8) is 0 Å². The first-order chi connectivity index (χ1) is 8.69. The molecule has 1 unspecified atom stereocenters. The highest BCUT2D eigenvalue weighted by atomic mass is 16.5. The molecule has 0 fully saturated rings. The van der Waals surface area contributed by atoms with Crippen molar-refractivity contribution in [2.24, 2.45) is 5.73 Å². The van der Waals surface area contributed by atoms with Crippen LogP contribution in [0.3, 0.4) is 0 Å². The second kappa shape index (κ2) is 5.69. The number of benzene rings is 1. The normalized spacial score (nSPS) is 12.4. The molecule has 0 aliphatic rings. The Balaban J connectivity index is 2.03. The fourth-order valence-electron chi connectivity index (χ4n) is 1.72. The van der Waals surface area contributed by atoms with E-state index >= 15 is 0 Å². The first-order valence-corrected chi connectivity index (χ1v) is 6.25. The van der Waals surface area contributed by atoms with Crippen LogP contribution in [0.1, 0.15) is 31.9 Å². The maximum atomic E-state index is 5.80. The predicted molar refractivity (Wildman–Crippen MR) is 71.6 cm³/mol. The summed E-state index contributed by atoms with van der Waals surface area (Å²) in [6.45, 7) is 4.99. The molecular weight excluding hydrogens is 226 g/mol. The smallest absolute Gasteiger partial charge is 0.165 e. The van der Waals surface area contributed by atoms with Gasteiger partial charge in [0.2, 0.25) is 0 Å². The lowest BCUT2D eigenvalue weighted by molar-refractivity contribution is 0.480. The minimum atomic E-state index is 0.0476. The molecule has 96 valence electrons. The molecule has 0 spiro atoms. The second-order valence-corrected chi connectivity index (χ2v) is 4.40. The number of aryl methyl sites for hydroxylation is 1. The van der Waals surface area contributed by atoms with E-state index in [4.69, 9.17) is 10.5 Å². The van der Waals surface area contributed by atoms with Crippen LogP contribution in [-0.4, -0.2) is 9.78 Å². The Hall–Kier alpha value is -1.81. The Kier molecular flexibility index (Phi) is 3.99. The minimum Gasteiger partial charge on any atom is -0.454 e. The molecule has 0 saturated carbocycles. The fraction of sp³-hybridized carbons (Fsp3) is 0.357. The maximum Gasteiger partial charge on any atom is 0.165 e. The van der Waals surface area contributed by atoms with Gasteiger partial charge in [-0.05, 0) is 31.0 Å². The highest BCUT2D eigenvalue weighted by Gasteiger charge is 2.02. The quantitative estimate of drug-likeness (QED) is 0.880. The first kappa shape index (κ1) is 12.6. The van der Waals surface area contributed by atoms with Crippen molar-refractivity contribution in [1.82, 2.24) is 9.78 Å². The van der Waals surface area contributed by atoms with Gasteiger partial charge in [0.25, 0.3) is 0 Å². The highest BCUT2D eigenvalue weighted by Crippen LogP contribution is 2.22. The van der Waals surface area contributed by atoms with Gasteiger partial charge in [0, 0.05) is 12.6 Å². The molecular formula is C14H19N3O. The van der Waals surface area contributed by atoms with Crippen molar-refractivity contribution < 1.29 is 4.74 Å². The molecule has 0 bridgehead atoms. The van der Waals surface area contributed by atoms with Crippen LogP contribution in [0.4, 0.5) is 0 Å². The second-order valence-electron chi connectivity index (χ2n) is 4.40. The number of hydrogen-bond donors (Lipinski definition) is 1. The summed E-state index contributed by atoms with van der Waals surface area (Å²) >= 11 is 0. The van der Waals surface area contributed by atoms with Gasteiger partial charge in [-0.15, -0.1) is 0 Å². The first-order valence-electron chi connectivity index (χ1n) is 6.25. The van der Waals surface area contributed by atoms with Crippen molar-refractivity contribution in [3.8, 4) is 11.5 Å². The van der Waals surface area contributed by atoms with Gasteiger partial charge in [0.1, 0.15) is 5.75 Å². The molecule has 1 aromatic heterocycles. The van der Waals surface area contributed by atoms with Crippen LogP contribution in [0.25, 0.3) is 0 Å². The van der Waals surface area contributed by atoms with Gasteiger partial charge in [0.15, 0.2) is 5.75 Å². The zero-order chi connectivity index (χ0) is 13.0. The van der Waals surface area contributed by atoms with E-state index in [-0.39, 0.29) is 6.04 Å². The highest BCUT2D eigenvalue weighted by molar-refractivity contribution is 5.32. The standard InChI is InChI=1S/C14H19N3O/c1-3-8-17-10-14(9-16-17)18-13-6-4-12(5-7-13)11(2)15/h4-7,9-11H,3,8,15H2,1-2H3. The number of rotatable bonds is 5. The van der Waals surface area contributed by atoms with E-state index in [1.54, 1.807) is 6.20 Å². The van der Waals surface area contributed by atoms with Crippen LogP contribution >= 0.6 is 0 Å². The molecule has 2 N–H and O–H groups in total. The molecule has 4 nitrogen and oxygen atoms in total. The summed E-state index contributed by atoms with van der Waals surface area (Å²) in [5.74, 6) is 1.56. The Morgan fingerprint density at radius 1 is 1.28 bits per heavy atom. The molecule has 1 heterocycles. The van der Waals surface area contributed by atoms with Crippen LogP contribution < -0.4 is 10.5 Å².